The third-order valence-electron chi connectivity index (χ3n) is 1.83. The Morgan fingerprint density at radius 3 is 2.89 bits per heavy atom. The van der Waals surface area contributed by atoms with Gasteiger partial charge in [0.15, 0.2) is 0 Å². The molecule has 0 radical (unpaired) electrons. The van der Waals surface area contributed by atoms with Crippen molar-refractivity contribution in [3.05, 3.63) is 0 Å². The summed E-state index contributed by atoms with van der Waals surface area (Å²) < 4.78 is 5.45. The van der Waals surface area contributed by atoms with Crippen molar-refractivity contribution < 1.29 is 4.74 Å². The first kappa shape index (κ1) is 7.03. The third kappa shape index (κ3) is 1.66. The summed E-state index contributed by atoms with van der Waals surface area (Å²) in [6.07, 6.45) is 1.64. The van der Waals surface area contributed by atoms with Crippen LogP contribution in [0.3, 0.4) is 0 Å². The summed E-state index contributed by atoms with van der Waals surface area (Å²) in [6.45, 7) is 6.18. The maximum absolute atomic E-state index is 5.45. The Labute approximate surface area is 56.6 Å². The molecule has 54 valence electrons. The number of hydrogen-bond donors (Lipinski definition) is 1. The summed E-state index contributed by atoms with van der Waals surface area (Å²) in [4.78, 5) is 0. The fraction of sp³-hybridized carbons (Fsp3) is 1.00. The molecule has 0 bridgehead atoms. The lowest BCUT2D eigenvalue weighted by Gasteiger charge is -2.13. The average molecular weight is 129 g/mol. The molecular weight excluding hydrogens is 114 g/mol. The van der Waals surface area contributed by atoms with Gasteiger partial charge in [0, 0.05) is 12.6 Å². The number of ether oxygens (including phenoxy) is 1. The van der Waals surface area contributed by atoms with Gasteiger partial charge in [0.05, 0.1) is 6.10 Å². The lowest BCUT2D eigenvalue weighted by atomic mass is 10.2. The second-order valence-corrected chi connectivity index (χ2v) is 2.53. The summed E-state index contributed by atoms with van der Waals surface area (Å²) in [5.41, 5.74) is 0. The van der Waals surface area contributed by atoms with Crippen molar-refractivity contribution in [3.63, 3.8) is 0 Å². The Morgan fingerprint density at radius 2 is 2.44 bits per heavy atom. The van der Waals surface area contributed by atoms with Gasteiger partial charge in [0.25, 0.3) is 0 Å². The largest absolute Gasteiger partial charge is 0.377 e. The SMILES string of the molecule is CCO[C@H]1CCN[C@H]1C. The molecule has 0 aromatic heterocycles. The van der Waals surface area contributed by atoms with Gasteiger partial charge in [-0.05, 0) is 26.8 Å². The molecule has 2 atom stereocenters. The standard InChI is InChI=1S/C7H15NO/c1-3-9-7-4-5-8-6(7)2/h6-8H,3-5H2,1-2H3/t6-,7-/m0/s1. The van der Waals surface area contributed by atoms with Gasteiger partial charge in [0.2, 0.25) is 0 Å². The highest BCUT2D eigenvalue weighted by Gasteiger charge is 2.22. The monoisotopic (exact) mass is 129 g/mol. The van der Waals surface area contributed by atoms with Crippen LogP contribution in [0.5, 0.6) is 0 Å². The normalized spacial score (nSPS) is 35.3. The zero-order valence-corrected chi connectivity index (χ0v) is 6.18. The molecule has 9 heavy (non-hydrogen) atoms. The van der Waals surface area contributed by atoms with Crippen LogP contribution >= 0.6 is 0 Å². The minimum atomic E-state index is 0.468. The Bertz CT molecular complexity index is 85.0. The molecule has 0 aliphatic carbocycles. The molecule has 1 aliphatic heterocycles. The van der Waals surface area contributed by atoms with Crippen molar-refractivity contribution in [2.45, 2.75) is 32.4 Å². The van der Waals surface area contributed by atoms with Crippen LogP contribution in [0.2, 0.25) is 0 Å². The average Bonchev–Trinajstić information content (AvgIpc) is 2.18. The predicted octanol–water partition coefficient (Wildman–Crippen LogP) is 0.773. The van der Waals surface area contributed by atoms with Crippen LogP contribution in [0.1, 0.15) is 20.3 Å². The second kappa shape index (κ2) is 3.18. The molecule has 1 aliphatic rings. The van der Waals surface area contributed by atoms with Gasteiger partial charge in [-0.2, -0.15) is 0 Å². The molecule has 0 aromatic carbocycles. The molecular formula is C7H15NO. The minimum Gasteiger partial charge on any atom is -0.377 e. The van der Waals surface area contributed by atoms with Crippen LogP contribution in [0.4, 0.5) is 0 Å². The first-order valence-corrected chi connectivity index (χ1v) is 3.69. The van der Waals surface area contributed by atoms with Gasteiger partial charge in [-0.3, -0.25) is 0 Å². The predicted molar refractivity (Wildman–Crippen MR) is 37.5 cm³/mol. The van der Waals surface area contributed by atoms with Crippen LogP contribution < -0.4 is 5.32 Å². The maximum atomic E-state index is 5.45. The van der Waals surface area contributed by atoms with Crippen molar-refractivity contribution in [2.75, 3.05) is 13.2 Å². The highest BCUT2D eigenvalue weighted by molar-refractivity contribution is 4.80. The molecule has 0 spiro atoms. The number of hydrogen-bond acceptors (Lipinski definition) is 2. The zero-order valence-electron chi connectivity index (χ0n) is 6.18. The zero-order chi connectivity index (χ0) is 6.69. The van der Waals surface area contributed by atoms with Crippen LogP contribution in [0.25, 0.3) is 0 Å². The van der Waals surface area contributed by atoms with E-state index in [9.17, 15) is 0 Å². The van der Waals surface area contributed by atoms with Crippen molar-refractivity contribution >= 4 is 0 Å². The summed E-state index contributed by atoms with van der Waals surface area (Å²) in [7, 11) is 0. The van der Waals surface area contributed by atoms with Crippen LogP contribution in [-0.2, 0) is 4.74 Å². The van der Waals surface area contributed by atoms with Crippen LogP contribution in [-0.4, -0.2) is 25.3 Å². The minimum absolute atomic E-state index is 0.468. The molecule has 1 saturated heterocycles. The molecule has 0 unspecified atom stereocenters. The summed E-state index contributed by atoms with van der Waals surface area (Å²) in [5.74, 6) is 0. The molecule has 2 heteroatoms. The van der Waals surface area contributed by atoms with Crippen LogP contribution in [0, 0.1) is 0 Å². The molecule has 1 rings (SSSR count). The van der Waals surface area contributed by atoms with E-state index in [1.165, 1.54) is 6.42 Å². The topological polar surface area (TPSA) is 21.3 Å². The summed E-state index contributed by atoms with van der Waals surface area (Å²) >= 11 is 0. The molecule has 1 fully saturated rings. The molecule has 0 amide bonds. The van der Waals surface area contributed by atoms with E-state index in [0.29, 0.717) is 12.1 Å². The Kier molecular flexibility index (Phi) is 2.49. The highest BCUT2D eigenvalue weighted by atomic mass is 16.5. The van der Waals surface area contributed by atoms with Crippen molar-refractivity contribution in [3.8, 4) is 0 Å². The van der Waals surface area contributed by atoms with E-state index in [1.54, 1.807) is 0 Å². The molecule has 2 nitrogen and oxygen atoms in total. The van der Waals surface area contributed by atoms with E-state index in [-0.39, 0.29) is 0 Å². The van der Waals surface area contributed by atoms with Crippen molar-refractivity contribution in [1.29, 1.82) is 0 Å². The third-order valence-corrected chi connectivity index (χ3v) is 1.83. The van der Waals surface area contributed by atoms with Gasteiger partial charge >= 0.3 is 0 Å². The maximum Gasteiger partial charge on any atom is 0.0737 e. The van der Waals surface area contributed by atoms with E-state index < -0.39 is 0 Å². The van der Waals surface area contributed by atoms with Crippen molar-refractivity contribution in [2.24, 2.45) is 0 Å². The molecule has 0 saturated carbocycles. The van der Waals surface area contributed by atoms with E-state index in [1.807, 2.05) is 6.92 Å². The Balaban J connectivity index is 2.22. The van der Waals surface area contributed by atoms with E-state index in [4.69, 9.17) is 4.74 Å². The first-order chi connectivity index (χ1) is 4.34. The molecule has 1 heterocycles. The van der Waals surface area contributed by atoms with E-state index in [2.05, 4.69) is 12.2 Å². The van der Waals surface area contributed by atoms with Gasteiger partial charge in [0.1, 0.15) is 0 Å². The Hall–Kier alpha value is -0.0800. The lowest BCUT2D eigenvalue weighted by Crippen LogP contribution is -2.28. The summed E-state index contributed by atoms with van der Waals surface area (Å²) in [6, 6.07) is 0.560. The number of nitrogens with one attached hydrogen (secondary N) is 1. The van der Waals surface area contributed by atoms with Crippen LogP contribution in [0.15, 0.2) is 0 Å². The number of rotatable bonds is 2. The quantitative estimate of drug-likeness (QED) is 0.594. The van der Waals surface area contributed by atoms with Gasteiger partial charge in [-0.25, -0.2) is 0 Å². The highest BCUT2D eigenvalue weighted by Crippen LogP contribution is 2.09. The van der Waals surface area contributed by atoms with E-state index >= 15 is 0 Å². The second-order valence-electron chi connectivity index (χ2n) is 2.53. The first-order valence-electron chi connectivity index (χ1n) is 3.69. The fourth-order valence-corrected chi connectivity index (χ4v) is 1.28. The smallest absolute Gasteiger partial charge is 0.0737 e. The fourth-order valence-electron chi connectivity index (χ4n) is 1.28. The van der Waals surface area contributed by atoms with Crippen molar-refractivity contribution in [1.82, 2.24) is 5.32 Å². The molecule has 1 N–H and O–H groups in total. The molecule has 0 aromatic rings. The Morgan fingerprint density at radius 1 is 1.67 bits per heavy atom. The summed E-state index contributed by atoms with van der Waals surface area (Å²) in [5, 5.41) is 3.33. The van der Waals surface area contributed by atoms with Gasteiger partial charge in [-0.15, -0.1) is 0 Å². The van der Waals surface area contributed by atoms with Gasteiger partial charge in [-0.1, -0.05) is 0 Å². The lowest BCUT2D eigenvalue weighted by molar-refractivity contribution is 0.0583. The van der Waals surface area contributed by atoms with E-state index in [0.717, 1.165) is 13.2 Å². The van der Waals surface area contributed by atoms with Gasteiger partial charge < -0.3 is 10.1 Å².